The van der Waals surface area contributed by atoms with Crippen LogP contribution in [-0.2, 0) is 10.2 Å². The first kappa shape index (κ1) is 14.9. The Morgan fingerprint density at radius 2 is 2.00 bits per heavy atom. The van der Waals surface area contributed by atoms with Crippen molar-refractivity contribution < 1.29 is 9.53 Å². The zero-order chi connectivity index (χ0) is 16.0. The van der Waals surface area contributed by atoms with Gasteiger partial charge in [-0.25, -0.2) is 0 Å². The Hall–Kier alpha value is -1.70. The number of ketones is 1. The predicted octanol–water partition coefficient (Wildman–Crippen LogP) is 2.53. The number of carbonyl (C=O) groups is 1. The van der Waals surface area contributed by atoms with Crippen LogP contribution in [0.15, 0.2) is 24.3 Å². The first-order chi connectivity index (χ1) is 11.1. The molecule has 0 spiro atoms. The van der Waals surface area contributed by atoms with Gasteiger partial charge in [0.2, 0.25) is 0 Å². The zero-order valence-corrected chi connectivity index (χ0v) is 13.5. The lowest BCUT2D eigenvalue weighted by Gasteiger charge is -2.46. The van der Waals surface area contributed by atoms with E-state index in [0.29, 0.717) is 12.1 Å². The van der Waals surface area contributed by atoms with Gasteiger partial charge in [0, 0.05) is 23.6 Å². The van der Waals surface area contributed by atoms with Crippen LogP contribution in [-0.4, -0.2) is 43.0 Å². The van der Waals surface area contributed by atoms with E-state index in [4.69, 9.17) is 4.74 Å². The summed E-state index contributed by atoms with van der Waals surface area (Å²) >= 11 is 0. The van der Waals surface area contributed by atoms with Crippen LogP contribution in [0.25, 0.3) is 0 Å². The summed E-state index contributed by atoms with van der Waals surface area (Å²) in [6.45, 7) is 1.46. The molecule has 1 aliphatic carbocycles. The molecule has 2 aliphatic heterocycles. The van der Waals surface area contributed by atoms with Crippen LogP contribution in [0.2, 0.25) is 0 Å². The molecule has 3 fully saturated rings. The van der Waals surface area contributed by atoms with E-state index in [-0.39, 0.29) is 17.1 Å². The van der Waals surface area contributed by atoms with Gasteiger partial charge in [0.25, 0.3) is 0 Å². The largest absolute Gasteiger partial charge is 0.378 e. The Balaban J connectivity index is 1.56. The topological polar surface area (TPSA) is 53.3 Å². The van der Waals surface area contributed by atoms with Gasteiger partial charge < -0.3 is 4.74 Å². The fraction of sp³-hybridized carbons (Fsp3) is 0.579. The Morgan fingerprint density at radius 1 is 1.30 bits per heavy atom. The van der Waals surface area contributed by atoms with Crippen LogP contribution in [0.4, 0.5) is 0 Å². The van der Waals surface area contributed by atoms with E-state index in [2.05, 4.69) is 18.0 Å². The standard InChI is InChI=1S/C19H22N2O2/c1-21-16-8-14(9-17(21)11-23-10-16)18(22)13-3-2-4-15(7-13)19(12-20)5-6-19/h2-4,7,14,16-17H,5-6,8-11H2,1H3. The molecule has 3 aliphatic rings. The third kappa shape index (κ3) is 2.49. The number of benzene rings is 1. The molecule has 2 saturated heterocycles. The number of rotatable bonds is 3. The highest BCUT2D eigenvalue weighted by Gasteiger charge is 2.45. The van der Waals surface area contributed by atoms with Gasteiger partial charge in [0.1, 0.15) is 0 Å². The van der Waals surface area contributed by atoms with Gasteiger partial charge in [-0.05, 0) is 44.4 Å². The second-order valence-electron chi connectivity index (χ2n) is 7.32. The summed E-state index contributed by atoms with van der Waals surface area (Å²) in [6.07, 6.45) is 3.58. The van der Waals surface area contributed by atoms with Gasteiger partial charge in [0.15, 0.2) is 5.78 Å². The number of carbonyl (C=O) groups excluding carboxylic acids is 1. The van der Waals surface area contributed by atoms with Crippen molar-refractivity contribution in [1.82, 2.24) is 4.90 Å². The molecule has 0 amide bonds. The third-order valence-corrected chi connectivity index (χ3v) is 5.92. The van der Waals surface area contributed by atoms with E-state index in [1.165, 1.54) is 0 Å². The number of nitrogens with zero attached hydrogens (tertiary/aromatic N) is 2. The normalized spacial score (nSPS) is 32.1. The molecule has 1 aromatic carbocycles. The number of fused-ring (bicyclic) bond motifs is 2. The number of morpholine rings is 1. The van der Waals surface area contributed by atoms with Crippen molar-refractivity contribution in [3.8, 4) is 6.07 Å². The van der Waals surface area contributed by atoms with Crippen molar-refractivity contribution in [3.05, 3.63) is 35.4 Å². The summed E-state index contributed by atoms with van der Waals surface area (Å²) in [5.41, 5.74) is 1.47. The van der Waals surface area contributed by atoms with Crippen molar-refractivity contribution in [3.63, 3.8) is 0 Å². The van der Waals surface area contributed by atoms with Crippen molar-refractivity contribution in [2.75, 3.05) is 20.3 Å². The molecule has 23 heavy (non-hydrogen) atoms. The fourth-order valence-electron chi connectivity index (χ4n) is 4.11. The molecular formula is C19H22N2O2. The molecule has 0 N–H and O–H groups in total. The van der Waals surface area contributed by atoms with Crippen LogP contribution in [0.3, 0.4) is 0 Å². The maximum Gasteiger partial charge on any atom is 0.166 e. The lowest BCUT2D eigenvalue weighted by molar-refractivity contribution is -0.0702. The number of likely N-dealkylation sites (N-methyl/N-ethyl adjacent to an activating group) is 1. The van der Waals surface area contributed by atoms with Gasteiger partial charge >= 0.3 is 0 Å². The highest BCUT2D eigenvalue weighted by atomic mass is 16.5. The summed E-state index contributed by atoms with van der Waals surface area (Å²) in [6, 6.07) is 10.9. The van der Waals surface area contributed by atoms with E-state index in [1.54, 1.807) is 0 Å². The number of nitriles is 1. The molecular weight excluding hydrogens is 288 g/mol. The summed E-state index contributed by atoms with van der Waals surface area (Å²) in [4.78, 5) is 15.4. The molecule has 2 atom stereocenters. The van der Waals surface area contributed by atoms with Crippen molar-refractivity contribution in [1.29, 1.82) is 5.26 Å². The lowest BCUT2D eigenvalue weighted by Crippen LogP contribution is -2.55. The highest BCUT2D eigenvalue weighted by molar-refractivity contribution is 5.98. The van der Waals surface area contributed by atoms with Crippen molar-refractivity contribution >= 4 is 5.78 Å². The van der Waals surface area contributed by atoms with Crippen LogP contribution < -0.4 is 0 Å². The van der Waals surface area contributed by atoms with Crippen LogP contribution in [0.5, 0.6) is 0 Å². The van der Waals surface area contributed by atoms with E-state index in [9.17, 15) is 10.1 Å². The molecule has 4 heteroatoms. The third-order valence-electron chi connectivity index (χ3n) is 5.92. The minimum absolute atomic E-state index is 0.0811. The SMILES string of the molecule is CN1C2COCC1CC(C(=O)c1cccc(C3(C#N)CC3)c1)C2. The molecule has 2 unspecified atom stereocenters. The first-order valence-corrected chi connectivity index (χ1v) is 8.49. The summed E-state index contributed by atoms with van der Waals surface area (Å²) in [7, 11) is 2.14. The molecule has 0 aromatic heterocycles. The maximum atomic E-state index is 13.0. The highest BCUT2D eigenvalue weighted by Crippen LogP contribution is 2.47. The molecule has 1 aromatic rings. The second kappa shape index (κ2) is 5.43. The van der Waals surface area contributed by atoms with Crippen LogP contribution in [0, 0.1) is 17.2 Å². The minimum Gasteiger partial charge on any atom is -0.378 e. The van der Waals surface area contributed by atoms with E-state index >= 15 is 0 Å². The monoisotopic (exact) mass is 310 g/mol. The van der Waals surface area contributed by atoms with Gasteiger partial charge in [0.05, 0.1) is 24.7 Å². The molecule has 120 valence electrons. The quantitative estimate of drug-likeness (QED) is 0.805. The van der Waals surface area contributed by atoms with E-state index in [0.717, 1.165) is 50.0 Å². The Kier molecular flexibility index (Phi) is 3.51. The number of ether oxygens (including phenoxy) is 1. The number of hydrogen-bond donors (Lipinski definition) is 0. The molecule has 0 radical (unpaired) electrons. The van der Waals surface area contributed by atoms with Gasteiger partial charge in [-0.15, -0.1) is 0 Å². The molecule has 4 nitrogen and oxygen atoms in total. The molecule has 2 heterocycles. The Bertz CT molecular complexity index is 660. The first-order valence-electron chi connectivity index (χ1n) is 8.49. The maximum absolute atomic E-state index is 13.0. The number of Topliss-reactive ketones (excluding diaryl/α,β-unsaturated/α-hetero) is 1. The average Bonchev–Trinajstić information content (AvgIpc) is 3.35. The van der Waals surface area contributed by atoms with Crippen LogP contribution in [0.1, 0.15) is 41.6 Å². The smallest absolute Gasteiger partial charge is 0.166 e. The lowest BCUT2D eigenvalue weighted by atomic mass is 9.80. The summed E-state index contributed by atoms with van der Waals surface area (Å²) in [5, 5.41) is 9.37. The zero-order valence-electron chi connectivity index (χ0n) is 13.5. The van der Waals surface area contributed by atoms with Gasteiger partial charge in [-0.1, -0.05) is 18.2 Å². The van der Waals surface area contributed by atoms with E-state index in [1.807, 2.05) is 24.3 Å². The molecule has 1 saturated carbocycles. The number of piperidine rings is 1. The Morgan fingerprint density at radius 3 is 2.61 bits per heavy atom. The fourth-order valence-corrected chi connectivity index (χ4v) is 4.11. The summed E-state index contributed by atoms with van der Waals surface area (Å²) < 4.78 is 5.64. The summed E-state index contributed by atoms with van der Waals surface area (Å²) in [5.74, 6) is 0.322. The molecule has 2 bridgehead atoms. The Labute approximate surface area is 137 Å². The second-order valence-corrected chi connectivity index (χ2v) is 7.32. The molecule has 4 rings (SSSR count). The van der Waals surface area contributed by atoms with Crippen molar-refractivity contribution in [2.24, 2.45) is 5.92 Å². The van der Waals surface area contributed by atoms with E-state index < -0.39 is 0 Å². The predicted molar refractivity (Wildman–Crippen MR) is 86.2 cm³/mol. The van der Waals surface area contributed by atoms with Crippen LogP contribution >= 0.6 is 0 Å². The average molecular weight is 310 g/mol. The van der Waals surface area contributed by atoms with Gasteiger partial charge in [-0.2, -0.15) is 5.26 Å². The van der Waals surface area contributed by atoms with Gasteiger partial charge in [-0.3, -0.25) is 9.69 Å². The van der Waals surface area contributed by atoms with Crippen molar-refractivity contribution in [2.45, 2.75) is 43.2 Å². The minimum atomic E-state index is -0.326. The number of hydrogen-bond acceptors (Lipinski definition) is 4.